The maximum atomic E-state index is 14.7. The molecule has 2 N–H and O–H groups in total. The second-order valence-corrected chi connectivity index (χ2v) is 8.80. The Morgan fingerprint density at radius 1 is 1.16 bits per heavy atom. The van der Waals surface area contributed by atoms with E-state index in [4.69, 9.17) is 10.5 Å². The lowest BCUT2D eigenvalue weighted by Crippen LogP contribution is -2.36. The van der Waals surface area contributed by atoms with Crippen molar-refractivity contribution >= 4 is 17.4 Å². The van der Waals surface area contributed by atoms with E-state index in [0.717, 1.165) is 56.8 Å². The van der Waals surface area contributed by atoms with Gasteiger partial charge >= 0.3 is 0 Å². The van der Waals surface area contributed by atoms with Crippen molar-refractivity contribution in [3.8, 4) is 0 Å². The van der Waals surface area contributed by atoms with Gasteiger partial charge in [-0.15, -0.1) is 0 Å². The fourth-order valence-corrected chi connectivity index (χ4v) is 4.49. The number of pyridine rings is 1. The number of morpholine rings is 1. The second-order valence-electron chi connectivity index (χ2n) is 8.80. The van der Waals surface area contributed by atoms with E-state index in [1.807, 2.05) is 23.1 Å². The number of amides is 1. The number of piperidine rings is 1. The lowest BCUT2D eigenvalue weighted by Gasteiger charge is -2.32. The van der Waals surface area contributed by atoms with E-state index in [2.05, 4.69) is 9.88 Å². The zero-order valence-electron chi connectivity index (χ0n) is 18.9. The number of aromatic nitrogens is 1. The molecule has 0 atom stereocenters. The summed E-state index contributed by atoms with van der Waals surface area (Å²) in [6.45, 7) is 5.31. The van der Waals surface area contributed by atoms with Crippen LogP contribution in [0.5, 0.6) is 0 Å². The first kappa shape index (κ1) is 22.5. The Balaban J connectivity index is 1.33. The number of rotatable bonds is 5. The lowest BCUT2D eigenvalue weighted by atomic mass is 9.92. The van der Waals surface area contributed by atoms with Crippen molar-refractivity contribution < 1.29 is 13.9 Å². The number of nitrogens with zero attached hydrogens (tertiary/aromatic N) is 4. The van der Waals surface area contributed by atoms with Crippen LogP contribution >= 0.6 is 0 Å². The molecule has 0 radical (unpaired) electrons. The lowest BCUT2D eigenvalue weighted by molar-refractivity contribution is 0.0828. The average Bonchev–Trinajstić information content (AvgIpc) is 2.80. The van der Waals surface area contributed by atoms with Crippen molar-refractivity contribution in [1.82, 2.24) is 14.8 Å². The van der Waals surface area contributed by atoms with Crippen LogP contribution in [0.25, 0.3) is 0 Å². The van der Waals surface area contributed by atoms with Crippen LogP contribution in [0, 0.1) is 5.82 Å². The summed E-state index contributed by atoms with van der Waals surface area (Å²) in [6.07, 6.45) is 1.92. The van der Waals surface area contributed by atoms with Crippen LogP contribution in [0.3, 0.4) is 0 Å². The molecule has 0 unspecified atom stereocenters. The predicted molar refractivity (Wildman–Crippen MR) is 123 cm³/mol. The van der Waals surface area contributed by atoms with Crippen LogP contribution in [0.4, 0.5) is 15.9 Å². The molecule has 2 fully saturated rings. The van der Waals surface area contributed by atoms with Crippen LogP contribution < -0.4 is 10.6 Å². The van der Waals surface area contributed by atoms with Crippen molar-refractivity contribution in [3.63, 3.8) is 0 Å². The van der Waals surface area contributed by atoms with Gasteiger partial charge in [-0.05, 0) is 55.8 Å². The minimum absolute atomic E-state index is 0.136. The molecule has 1 aromatic heterocycles. The van der Waals surface area contributed by atoms with Gasteiger partial charge < -0.3 is 20.3 Å². The molecule has 172 valence electrons. The van der Waals surface area contributed by atoms with Crippen LogP contribution in [-0.2, 0) is 11.3 Å². The van der Waals surface area contributed by atoms with Gasteiger partial charge in [0.1, 0.15) is 11.6 Å². The number of halogens is 1. The monoisotopic (exact) mass is 441 g/mol. The molecule has 1 aromatic carbocycles. The first-order chi connectivity index (χ1) is 15.4. The standard InChI is InChI=1S/C24H32FN5O2/c1-28(2)24(31)19-4-5-21(27-23(19)26)18-7-9-29(10-8-18)16-17-3-6-22(20(25)15-17)30-11-13-32-14-12-30/h3-6,15,18H,7-14,16H2,1-2H3,(H2,26,27). The van der Waals surface area contributed by atoms with Gasteiger partial charge in [0.05, 0.1) is 24.5 Å². The zero-order valence-corrected chi connectivity index (χ0v) is 18.9. The Kier molecular flexibility index (Phi) is 6.91. The molecule has 8 heteroatoms. The Bertz CT molecular complexity index is 953. The summed E-state index contributed by atoms with van der Waals surface area (Å²) in [5.41, 5.74) is 9.10. The molecule has 3 heterocycles. The summed E-state index contributed by atoms with van der Waals surface area (Å²) in [4.78, 5) is 22.6. The molecular weight excluding hydrogens is 409 g/mol. The summed E-state index contributed by atoms with van der Waals surface area (Å²) in [5.74, 6) is 0.312. The van der Waals surface area contributed by atoms with Gasteiger partial charge in [0.2, 0.25) is 0 Å². The maximum absolute atomic E-state index is 14.7. The van der Waals surface area contributed by atoms with E-state index in [0.29, 0.717) is 36.2 Å². The SMILES string of the molecule is CN(C)C(=O)c1ccc(C2CCN(Cc3ccc(N4CCOCC4)c(F)c3)CC2)nc1N. The fourth-order valence-electron chi connectivity index (χ4n) is 4.49. The van der Waals surface area contributed by atoms with Crippen LogP contribution in [0.2, 0.25) is 0 Å². The van der Waals surface area contributed by atoms with Crippen LogP contribution in [0.15, 0.2) is 30.3 Å². The Labute approximate surface area is 189 Å². The van der Waals surface area contributed by atoms with E-state index >= 15 is 0 Å². The minimum atomic E-state index is -0.161. The van der Waals surface area contributed by atoms with Crippen molar-refractivity contribution in [2.75, 3.05) is 64.1 Å². The maximum Gasteiger partial charge on any atom is 0.257 e. The number of ether oxygens (including phenoxy) is 1. The molecule has 0 bridgehead atoms. The third-order valence-corrected chi connectivity index (χ3v) is 6.36. The molecule has 1 amide bonds. The normalized spacial score (nSPS) is 18.0. The Hall–Kier alpha value is -2.71. The third kappa shape index (κ3) is 5.02. The first-order valence-electron chi connectivity index (χ1n) is 11.2. The van der Waals surface area contributed by atoms with E-state index in [-0.39, 0.29) is 11.7 Å². The van der Waals surface area contributed by atoms with E-state index in [1.165, 1.54) is 4.90 Å². The van der Waals surface area contributed by atoms with E-state index in [1.54, 1.807) is 26.2 Å². The summed E-state index contributed by atoms with van der Waals surface area (Å²) >= 11 is 0. The summed E-state index contributed by atoms with van der Waals surface area (Å²) in [5, 5.41) is 0. The van der Waals surface area contributed by atoms with Gasteiger partial charge in [-0.1, -0.05) is 6.07 Å². The second kappa shape index (κ2) is 9.83. The molecule has 4 rings (SSSR count). The van der Waals surface area contributed by atoms with Crippen molar-refractivity contribution in [3.05, 3.63) is 53.0 Å². The number of benzene rings is 1. The highest BCUT2D eigenvalue weighted by atomic mass is 19.1. The number of carbonyl (C=O) groups excluding carboxylic acids is 1. The largest absolute Gasteiger partial charge is 0.383 e. The van der Waals surface area contributed by atoms with Gasteiger partial charge in [-0.2, -0.15) is 0 Å². The zero-order chi connectivity index (χ0) is 22.7. The molecular formula is C24H32FN5O2. The molecule has 2 saturated heterocycles. The van der Waals surface area contributed by atoms with Gasteiger partial charge in [-0.3, -0.25) is 9.69 Å². The highest BCUT2D eigenvalue weighted by Gasteiger charge is 2.24. The molecule has 7 nitrogen and oxygen atoms in total. The summed E-state index contributed by atoms with van der Waals surface area (Å²) in [7, 11) is 3.40. The molecule has 0 saturated carbocycles. The highest BCUT2D eigenvalue weighted by molar-refractivity contribution is 5.98. The third-order valence-electron chi connectivity index (χ3n) is 6.36. The quantitative estimate of drug-likeness (QED) is 0.769. The van der Waals surface area contributed by atoms with Crippen molar-refractivity contribution in [2.24, 2.45) is 0 Å². The molecule has 2 aliphatic heterocycles. The molecule has 2 aliphatic rings. The Morgan fingerprint density at radius 3 is 2.50 bits per heavy atom. The topological polar surface area (TPSA) is 74.9 Å². The number of nitrogen functional groups attached to an aromatic ring is 1. The fraction of sp³-hybridized carbons (Fsp3) is 0.500. The number of hydrogen-bond acceptors (Lipinski definition) is 6. The smallest absolute Gasteiger partial charge is 0.257 e. The number of anilines is 2. The van der Waals surface area contributed by atoms with Crippen LogP contribution in [0.1, 0.15) is 40.4 Å². The van der Waals surface area contributed by atoms with Crippen molar-refractivity contribution in [1.29, 1.82) is 0 Å². The molecule has 2 aromatic rings. The first-order valence-corrected chi connectivity index (χ1v) is 11.2. The van der Waals surface area contributed by atoms with Gasteiger partial charge in [0, 0.05) is 45.3 Å². The van der Waals surface area contributed by atoms with Crippen molar-refractivity contribution in [2.45, 2.75) is 25.3 Å². The predicted octanol–water partition coefficient (Wildman–Crippen LogP) is 2.72. The number of carbonyl (C=O) groups is 1. The van der Waals surface area contributed by atoms with E-state index in [9.17, 15) is 9.18 Å². The molecule has 0 aliphatic carbocycles. The average molecular weight is 442 g/mol. The Morgan fingerprint density at radius 2 is 1.88 bits per heavy atom. The number of nitrogens with two attached hydrogens (primary N) is 1. The molecule has 0 spiro atoms. The number of hydrogen-bond donors (Lipinski definition) is 1. The van der Waals surface area contributed by atoms with Gasteiger partial charge in [0.25, 0.3) is 5.91 Å². The van der Waals surface area contributed by atoms with E-state index < -0.39 is 0 Å². The molecule has 32 heavy (non-hydrogen) atoms. The summed E-state index contributed by atoms with van der Waals surface area (Å²) in [6, 6.07) is 9.30. The van der Waals surface area contributed by atoms with Crippen LogP contribution in [-0.4, -0.2) is 74.2 Å². The number of likely N-dealkylation sites (tertiary alicyclic amines) is 1. The summed E-state index contributed by atoms with van der Waals surface area (Å²) < 4.78 is 20.1. The van der Waals surface area contributed by atoms with Gasteiger partial charge in [0.15, 0.2) is 0 Å². The minimum Gasteiger partial charge on any atom is -0.383 e. The highest BCUT2D eigenvalue weighted by Crippen LogP contribution is 2.29. The van der Waals surface area contributed by atoms with Gasteiger partial charge in [-0.25, -0.2) is 9.37 Å².